The minimum Gasteiger partial charge on any atom is -0.312 e. The molecule has 1 aromatic rings. The summed E-state index contributed by atoms with van der Waals surface area (Å²) in [6.45, 7) is 5.83. The fourth-order valence-electron chi connectivity index (χ4n) is 3.32. The van der Waals surface area contributed by atoms with E-state index in [2.05, 4.69) is 55.7 Å². The van der Waals surface area contributed by atoms with Crippen molar-refractivity contribution in [3.05, 3.63) is 22.4 Å². The molecular formula is C17H30N2S. The van der Waals surface area contributed by atoms with Gasteiger partial charge in [-0.15, -0.1) is 11.3 Å². The Morgan fingerprint density at radius 2 is 2.15 bits per heavy atom. The van der Waals surface area contributed by atoms with Gasteiger partial charge in [0.25, 0.3) is 0 Å². The molecule has 1 saturated carbocycles. The van der Waals surface area contributed by atoms with Gasteiger partial charge in [-0.05, 0) is 50.2 Å². The van der Waals surface area contributed by atoms with Crippen molar-refractivity contribution in [3.63, 3.8) is 0 Å². The summed E-state index contributed by atoms with van der Waals surface area (Å²) in [5.41, 5.74) is 0. The first-order chi connectivity index (χ1) is 9.58. The van der Waals surface area contributed by atoms with Crippen LogP contribution in [0.15, 0.2) is 17.5 Å². The van der Waals surface area contributed by atoms with Gasteiger partial charge in [-0.25, -0.2) is 0 Å². The SMILES string of the molecule is CC(C)C1CCCC(NCC(c2cccs2)N(C)C)C1. The molecule has 0 saturated heterocycles. The Morgan fingerprint density at radius 3 is 2.75 bits per heavy atom. The summed E-state index contributed by atoms with van der Waals surface area (Å²) in [5.74, 6) is 1.75. The highest BCUT2D eigenvalue weighted by atomic mass is 32.1. The topological polar surface area (TPSA) is 15.3 Å². The summed E-state index contributed by atoms with van der Waals surface area (Å²) < 4.78 is 0. The molecule has 20 heavy (non-hydrogen) atoms. The van der Waals surface area contributed by atoms with Gasteiger partial charge in [-0.1, -0.05) is 32.8 Å². The first-order valence-corrected chi connectivity index (χ1v) is 8.89. The lowest BCUT2D eigenvalue weighted by atomic mass is 9.79. The number of hydrogen-bond donors (Lipinski definition) is 1. The summed E-state index contributed by atoms with van der Waals surface area (Å²) in [6, 6.07) is 5.65. The standard InChI is InChI=1S/C17H30N2S/c1-13(2)14-7-5-8-15(11-14)18-12-16(19(3)4)17-9-6-10-20-17/h6,9-10,13-16,18H,5,7-8,11-12H2,1-4H3. The molecule has 0 bridgehead atoms. The maximum Gasteiger partial charge on any atom is 0.0561 e. The van der Waals surface area contributed by atoms with E-state index in [1.807, 2.05) is 11.3 Å². The van der Waals surface area contributed by atoms with Crippen LogP contribution in [-0.2, 0) is 0 Å². The molecule has 2 nitrogen and oxygen atoms in total. The van der Waals surface area contributed by atoms with E-state index < -0.39 is 0 Å². The van der Waals surface area contributed by atoms with Gasteiger partial charge in [-0.3, -0.25) is 0 Å². The molecule has 0 amide bonds. The zero-order valence-corrected chi connectivity index (χ0v) is 14.2. The highest BCUT2D eigenvalue weighted by Gasteiger charge is 2.25. The van der Waals surface area contributed by atoms with E-state index >= 15 is 0 Å². The third-order valence-electron chi connectivity index (χ3n) is 4.75. The van der Waals surface area contributed by atoms with Gasteiger partial charge in [0.2, 0.25) is 0 Å². The Bertz CT molecular complexity index is 372. The van der Waals surface area contributed by atoms with Gasteiger partial charge in [0.1, 0.15) is 0 Å². The van der Waals surface area contributed by atoms with Crippen molar-refractivity contribution in [2.45, 2.75) is 51.6 Å². The van der Waals surface area contributed by atoms with E-state index in [0.29, 0.717) is 6.04 Å². The predicted molar refractivity (Wildman–Crippen MR) is 89.3 cm³/mol. The van der Waals surface area contributed by atoms with Crippen molar-refractivity contribution in [1.29, 1.82) is 0 Å². The van der Waals surface area contributed by atoms with Crippen molar-refractivity contribution < 1.29 is 0 Å². The number of nitrogens with one attached hydrogen (secondary N) is 1. The van der Waals surface area contributed by atoms with Gasteiger partial charge in [0.15, 0.2) is 0 Å². The first-order valence-electron chi connectivity index (χ1n) is 8.01. The largest absolute Gasteiger partial charge is 0.312 e. The smallest absolute Gasteiger partial charge is 0.0561 e. The van der Waals surface area contributed by atoms with Crippen molar-refractivity contribution in [2.24, 2.45) is 11.8 Å². The zero-order valence-electron chi connectivity index (χ0n) is 13.4. The first kappa shape index (κ1) is 16.0. The van der Waals surface area contributed by atoms with Gasteiger partial charge in [-0.2, -0.15) is 0 Å². The van der Waals surface area contributed by atoms with Gasteiger partial charge in [0.05, 0.1) is 6.04 Å². The maximum absolute atomic E-state index is 3.84. The quantitative estimate of drug-likeness (QED) is 0.847. The Labute approximate surface area is 128 Å². The number of hydrogen-bond acceptors (Lipinski definition) is 3. The average Bonchev–Trinajstić information content (AvgIpc) is 2.93. The maximum atomic E-state index is 3.84. The monoisotopic (exact) mass is 294 g/mol. The molecule has 1 N–H and O–H groups in total. The second-order valence-electron chi connectivity index (χ2n) is 6.77. The van der Waals surface area contributed by atoms with E-state index in [9.17, 15) is 0 Å². The van der Waals surface area contributed by atoms with E-state index in [0.717, 1.165) is 24.4 Å². The second-order valence-corrected chi connectivity index (χ2v) is 7.75. The lowest BCUT2D eigenvalue weighted by Crippen LogP contribution is -2.40. The summed E-state index contributed by atoms with van der Waals surface area (Å²) >= 11 is 1.87. The highest BCUT2D eigenvalue weighted by molar-refractivity contribution is 7.10. The summed E-state index contributed by atoms with van der Waals surface area (Å²) in [6.07, 6.45) is 5.54. The molecule has 3 unspecified atom stereocenters. The molecule has 114 valence electrons. The van der Waals surface area contributed by atoms with E-state index in [1.54, 1.807) is 0 Å². The van der Waals surface area contributed by atoms with Crippen LogP contribution in [0.5, 0.6) is 0 Å². The van der Waals surface area contributed by atoms with E-state index in [-0.39, 0.29) is 0 Å². The molecule has 1 aliphatic carbocycles. The molecule has 0 spiro atoms. The van der Waals surface area contributed by atoms with E-state index in [4.69, 9.17) is 0 Å². The third kappa shape index (κ3) is 4.31. The lowest BCUT2D eigenvalue weighted by molar-refractivity contribution is 0.214. The molecule has 3 atom stereocenters. The van der Waals surface area contributed by atoms with Gasteiger partial charge >= 0.3 is 0 Å². The molecule has 1 fully saturated rings. The van der Waals surface area contributed by atoms with Crippen LogP contribution in [0, 0.1) is 11.8 Å². The van der Waals surface area contributed by atoms with Gasteiger partial charge in [0, 0.05) is 17.5 Å². The summed E-state index contributed by atoms with van der Waals surface area (Å²) in [7, 11) is 4.37. The lowest BCUT2D eigenvalue weighted by Gasteiger charge is -2.34. The zero-order chi connectivity index (χ0) is 14.5. The number of rotatable bonds is 6. The molecule has 3 heteroatoms. The Kier molecular flexibility index (Phi) is 6.06. The number of likely N-dealkylation sites (N-methyl/N-ethyl adjacent to an activating group) is 1. The number of thiophene rings is 1. The predicted octanol–water partition coefficient (Wildman–Crippen LogP) is 4.16. The van der Waals surface area contributed by atoms with Crippen LogP contribution in [0.3, 0.4) is 0 Å². The van der Waals surface area contributed by atoms with E-state index in [1.165, 1.54) is 30.6 Å². The van der Waals surface area contributed by atoms with Crippen LogP contribution in [0.25, 0.3) is 0 Å². The molecule has 1 aliphatic rings. The molecule has 2 rings (SSSR count). The molecule has 0 radical (unpaired) electrons. The van der Waals surface area contributed by atoms with Gasteiger partial charge < -0.3 is 10.2 Å². The second kappa shape index (κ2) is 7.58. The van der Waals surface area contributed by atoms with Crippen LogP contribution >= 0.6 is 11.3 Å². The van der Waals surface area contributed by atoms with Crippen LogP contribution in [-0.4, -0.2) is 31.6 Å². The van der Waals surface area contributed by atoms with Crippen molar-refractivity contribution >= 4 is 11.3 Å². The fraction of sp³-hybridized carbons (Fsp3) is 0.765. The van der Waals surface area contributed by atoms with Crippen molar-refractivity contribution in [3.8, 4) is 0 Å². The minimum atomic E-state index is 0.509. The normalized spacial score (nSPS) is 25.3. The third-order valence-corrected chi connectivity index (χ3v) is 5.73. The molecular weight excluding hydrogens is 264 g/mol. The molecule has 1 aromatic heterocycles. The fourth-order valence-corrected chi connectivity index (χ4v) is 4.24. The average molecular weight is 295 g/mol. The highest BCUT2D eigenvalue weighted by Crippen LogP contribution is 2.30. The number of nitrogens with zero attached hydrogens (tertiary/aromatic N) is 1. The summed E-state index contributed by atoms with van der Waals surface area (Å²) in [5, 5.41) is 6.02. The van der Waals surface area contributed by atoms with Crippen molar-refractivity contribution in [1.82, 2.24) is 10.2 Å². The molecule has 0 aromatic carbocycles. The molecule has 1 heterocycles. The minimum absolute atomic E-state index is 0.509. The van der Waals surface area contributed by atoms with Crippen molar-refractivity contribution in [2.75, 3.05) is 20.6 Å². The van der Waals surface area contributed by atoms with Crippen LogP contribution in [0.4, 0.5) is 0 Å². The summed E-state index contributed by atoms with van der Waals surface area (Å²) in [4.78, 5) is 3.81. The van der Waals surface area contributed by atoms with Crippen LogP contribution in [0.2, 0.25) is 0 Å². The Morgan fingerprint density at radius 1 is 1.35 bits per heavy atom. The Balaban J connectivity index is 1.86. The van der Waals surface area contributed by atoms with Crippen LogP contribution in [0.1, 0.15) is 50.4 Å². The molecule has 0 aliphatic heterocycles. The Hall–Kier alpha value is -0.380. The van der Waals surface area contributed by atoms with Crippen LogP contribution < -0.4 is 5.32 Å².